The molecule has 1 aromatic carbocycles. The van der Waals surface area contributed by atoms with E-state index in [0.29, 0.717) is 5.92 Å². The normalized spacial score (nSPS) is 12.6. The van der Waals surface area contributed by atoms with Gasteiger partial charge < -0.3 is 4.90 Å². The van der Waals surface area contributed by atoms with Gasteiger partial charge in [0.15, 0.2) is 0 Å². The zero-order chi connectivity index (χ0) is 11.4. The Kier molecular flexibility index (Phi) is 4.46. The maximum atomic E-state index is 5.82. The first kappa shape index (κ1) is 12.4. The van der Waals surface area contributed by atoms with E-state index in [1.165, 1.54) is 16.8 Å². The molecule has 0 amide bonds. The first-order chi connectivity index (χ1) is 7.04. The van der Waals surface area contributed by atoms with Crippen LogP contribution in [-0.2, 0) is 0 Å². The van der Waals surface area contributed by atoms with E-state index in [1.807, 2.05) is 0 Å². The lowest BCUT2D eigenvalue weighted by Gasteiger charge is -2.24. The molecule has 0 saturated heterocycles. The molecule has 1 nitrogen and oxygen atoms in total. The molecule has 0 aliphatic carbocycles. The Morgan fingerprint density at radius 1 is 1.33 bits per heavy atom. The van der Waals surface area contributed by atoms with Crippen molar-refractivity contribution < 1.29 is 0 Å². The van der Waals surface area contributed by atoms with Crippen LogP contribution < -0.4 is 4.90 Å². The predicted octanol–water partition coefficient (Wildman–Crippen LogP) is 3.61. The second-order valence-corrected chi connectivity index (χ2v) is 4.74. The zero-order valence-electron chi connectivity index (χ0n) is 10.0. The maximum absolute atomic E-state index is 5.82. The smallest absolute Gasteiger partial charge is 0.0393 e. The fraction of sp³-hybridized carbons (Fsp3) is 0.538. The van der Waals surface area contributed by atoms with Crippen molar-refractivity contribution in [2.24, 2.45) is 5.92 Å². The average molecular weight is 226 g/mol. The summed E-state index contributed by atoms with van der Waals surface area (Å²) in [6.07, 6.45) is 0. The zero-order valence-corrected chi connectivity index (χ0v) is 10.8. The molecule has 2 heteroatoms. The molecule has 84 valence electrons. The van der Waals surface area contributed by atoms with E-state index in [0.717, 1.165) is 12.4 Å². The molecule has 0 N–H and O–H groups in total. The number of anilines is 1. The van der Waals surface area contributed by atoms with Crippen LogP contribution >= 0.6 is 11.6 Å². The van der Waals surface area contributed by atoms with Gasteiger partial charge in [0.05, 0.1) is 0 Å². The van der Waals surface area contributed by atoms with Gasteiger partial charge in [0.25, 0.3) is 0 Å². The molecule has 15 heavy (non-hydrogen) atoms. The van der Waals surface area contributed by atoms with Crippen LogP contribution in [0.1, 0.15) is 18.1 Å². The Morgan fingerprint density at radius 3 is 2.53 bits per heavy atom. The van der Waals surface area contributed by atoms with Gasteiger partial charge in [-0.25, -0.2) is 0 Å². The minimum atomic E-state index is 0.525. The van der Waals surface area contributed by atoms with Crippen molar-refractivity contribution in [2.45, 2.75) is 20.8 Å². The summed E-state index contributed by atoms with van der Waals surface area (Å²) in [7, 11) is 2.13. The van der Waals surface area contributed by atoms with Gasteiger partial charge in [-0.1, -0.05) is 24.6 Å². The van der Waals surface area contributed by atoms with Crippen molar-refractivity contribution in [1.82, 2.24) is 0 Å². The van der Waals surface area contributed by atoms with Crippen molar-refractivity contribution >= 4 is 17.3 Å². The topological polar surface area (TPSA) is 3.24 Å². The van der Waals surface area contributed by atoms with Gasteiger partial charge >= 0.3 is 0 Å². The van der Waals surface area contributed by atoms with Crippen molar-refractivity contribution in [2.75, 3.05) is 24.4 Å². The Morgan fingerprint density at radius 2 is 2.00 bits per heavy atom. The van der Waals surface area contributed by atoms with Crippen molar-refractivity contribution in [3.8, 4) is 0 Å². The molecule has 0 spiro atoms. The molecular weight excluding hydrogens is 206 g/mol. The number of hydrogen-bond donors (Lipinski definition) is 0. The highest BCUT2D eigenvalue weighted by molar-refractivity contribution is 6.18. The van der Waals surface area contributed by atoms with E-state index >= 15 is 0 Å². The number of rotatable bonds is 4. The minimum absolute atomic E-state index is 0.525. The third-order valence-electron chi connectivity index (χ3n) is 2.61. The summed E-state index contributed by atoms with van der Waals surface area (Å²) in [6, 6.07) is 6.56. The molecule has 1 atom stereocenters. The first-order valence-electron chi connectivity index (χ1n) is 5.39. The lowest BCUT2D eigenvalue weighted by Crippen LogP contribution is -2.25. The summed E-state index contributed by atoms with van der Waals surface area (Å²) in [5.74, 6) is 1.24. The van der Waals surface area contributed by atoms with Gasteiger partial charge in [-0.3, -0.25) is 0 Å². The van der Waals surface area contributed by atoms with E-state index < -0.39 is 0 Å². The van der Waals surface area contributed by atoms with E-state index in [4.69, 9.17) is 11.6 Å². The first-order valence-corrected chi connectivity index (χ1v) is 5.92. The largest absolute Gasteiger partial charge is 0.374 e. The molecule has 1 aromatic rings. The van der Waals surface area contributed by atoms with Crippen LogP contribution in [-0.4, -0.2) is 19.5 Å². The number of alkyl halides is 1. The van der Waals surface area contributed by atoms with Crippen molar-refractivity contribution in [3.05, 3.63) is 29.3 Å². The molecule has 0 fully saturated rings. The van der Waals surface area contributed by atoms with E-state index in [-0.39, 0.29) is 0 Å². The third kappa shape index (κ3) is 3.42. The van der Waals surface area contributed by atoms with Crippen molar-refractivity contribution in [1.29, 1.82) is 0 Å². The Bertz CT molecular complexity index is 322. The second-order valence-electron chi connectivity index (χ2n) is 4.43. The monoisotopic (exact) mass is 225 g/mol. The number of hydrogen-bond acceptors (Lipinski definition) is 1. The molecule has 0 saturated carbocycles. The van der Waals surface area contributed by atoms with Crippen LogP contribution in [0.3, 0.4) is 0 Å². The number of halogens is 1. The molecular formula is C13H20ClN. The molecule has 1 rings (SSSR count). The summed E-state index contributed by atoms with van der Waals surface area (Å²) in [5.41, 5.74) is 3.95. The number of benzene rings is 1. The SMILES string of the molecule is Cc1ccc(N(C)CC(C)CCl)c(C)c1. The van der Waals surface area contributed by atoms with Gasteiger partial charge in [0.2, 0.25) is 0 Å². The summed E-state index contributed by atoms with van der Waals surface area (Å²) in [4.78, 5) is 2.28. The van der Waals surface area contributed by atoms with Crippen LogP contribution in [0.4, 0.5) is 5.69 Å². The fourth-order valence-electron chi connectivity index (χ4n) is 1.85. The minimum Gasteiger partial charge on any atom is -0.374 e. The highest BCUT2D eigenvalue weighted by Gasteiger charge is 2.08. The molecule has 1 unspecified atom stereocenters. The Hall–Kier alpha value is -0.690. The molecule has 0 radical (unpaired) electrons. The highest BCUT2D eigenvalue weighted by Crippen LogP contribution is 2.20. The van der Waals surface area contributed by atoms with Crippen LogP contribution in [0.15, 0.2) is 18.2 Å². The predicted molar refractivity (Wildman–Crippen MR) is 69.1 cm³/mol. The van der Waals surface area contributed by atoms with Crippen molar-refractivity contribution in [3.63, 3.8) is 0 Å². The molecule has 0 aliphatic rings. The second kappa shape index (κ2) is 5.41. The van der Waals surface area contributed by atoms with Gasteiger partial charge in [0, 0.05) is 25.2 Å². The van der Waals surface area contributed by atoms with E-state index in [2.05, 4.69) is 50.9 Å². The Balaban J connectivity index is 2.77. The summed E-state index contributed by atoms with van der Waals surface area (Å²) >= 11 is 5.82. The van der Waals surface area contributed by atoms with Gasteiger partial charge in [-0.2, -0.15) is 0 Å². The molecule has 0 aromatic heterocycles. The molecule has 0 heterocycles. The lowest BCUT2D eigenvalue weighted by atomic mass is 10.1. The fourth-order valence-corrected chi connectivity index (χ4v) is 1.95. The van der Waals surface area contributed by atoms with Crippen LogP contribution in [0.2, 0.25) is 0 Å². The standard InChI is InChI=1S/C13H20ClN/c1-10-5-6-13(12(3)7-10)15(4)9-11(2)8-14/h5-7,11H,8-9H2,1-4H3. The summed E-state index contributed by atoms with van der Waals surface area (Å²) in [6.45, 7) is 7.46. The average Bonchev–Trinajstić information content (AvgIpc) is 2.17. The summed E-state index contributed by atoms with van der Waals surface area (Å²) in [5, 5.41) is 0. The number of nitrogens with zero attached hydrogens (tertiary/aromatic N) is 1. The maximum Gasteiger partial charge on any atom is 0.0393 e. The summed E-state index contributed by atoms with van der Waals surface area (Å²) < 4.78 is 0. The van der Waals surface area contributed by atoms with Crippen LogP contribution in [0, 0.1) is 19.8 Å². The van der Waals surface area contributed by atoms with Gasteiger partial charge in [0.1, 0.15) is 0 Å². The lowest BCUT2D eigenvalue weighted by molar-refractivity contribution is 0.644. The quantitative estimate of drug-likeness (QED) is 0.708. The van der Waals surface area contributed by atoms with Gasteiger partial charge in [-0.15, -0.1) is 11.6 Å². The Labute approximate surface area is 98.0 Å². The number of aryl methyl sites for hydroxylation is 2. The van der Waals surface area contributed by atoms with Crippen LogP contribution in [0.5, 0.6) is 0 Å². The highest BCUT2D eigenvalue weighted by atomic mass is 35.5. The van der Waals surface area contributed by atoms with Gasteiger partial charge in [-0.05, 0) is 31.4 Å². The van der Waals surface area contributed by atoms with Crippen LogP contribution in [0.25, 0.3) is 0 Å². The van der Waals surface area contributed by atoms with E-state index in [9.17, 15) is 0 Å². The molecule has 0 bridgehead atoms. The molecule has 0 aliphatic heterocycles. The third-order valence-corrected chi connectivity index (χ3v) is 3.14. The van der Waals surface area contributed by atoms with E-state index in [1.54, 1.807) is 0 Å².